The van der Waals surface area contributed by atoms with E-state index in [0.29, 0.717) is 22.5 Å². The monoisotopic (exact) mass is 442 g/mol. The minimum Gasteiger partial charge on any atom is -0.366 e. The molecule has 4 rings (SSSR count). The number of nitrogens with zero attached hydrogens (tertiary/aromatic N) is 2. The quantitative estimate of drug-likeness (QED) is 0.703. The Labute approximate surface area is 183 Å². The van der Waals surface area contributed by atoms with E-state index in [0.717, 1.165) is 25.2 Å². The van der Waals surface area contributed by atoms with Crippen molar-refractivity contribution in [2.45, 2.75) is 18.9 Å². The van der Waals surface area contributed by atoms with Crippen LogP contribution in [0.1, 0.15) is 28.4 Å². The second-order valence-corrected chi connectivity index (χ2v) is 9.22. The maximum absolute atomic E-state index is 12.4. The summed E-state index contributed by atoms with van der Waals surface area (Å²) in [6.45, 7) is 2.24. The molecule has 2 bridgehead atoms. The van der Waals surface area contributed by atoms with Gasteiger partial charge in [0, 0.05) is 37.3 Å². The van der Waals surface area contributed by atoms with Crippen molar-refractivity contribution in [1.82, 2.24) is 9.47 Å². The number of fused-ring (bicyclic) bond motifs is 4. The van der Waals surface area contributed by atoms with Crippen LogP contribution in [0.3, 0.4) is 0 Å². The Balaban J connectivity index is 1.36. The molecule has 1 saturated heterocycles. The van der Waals surface area contributed by atoms with Gasteiger partial charge in [0.2, 0.25) is 5.91 Å². The van der Waals surface area contributed by atoms with Crippen LogP contribution in [0.2, 0.25) is 0 Å². The fraction of sp³-hybridized carbons (Fsp3) is 0.333. The van der Waals surface area contributed by atoms with Crippen molar-refractivity contribution >= 4 is 45.8 Å². The Bertz CT molecular complexity index is 1070. The number of likely N-dealkylation sites (tertiary alicyclic amines) is 1. The van der Waals surface area contributed by atoms with E-state index in [1.54, 1.807) is 30.3 Å². The molecule has 3 N–H and O–H groups in total. The number of rotatable bonds is 4. The fourth-order valence-corrected chi connectivity index (χ4v) is 5.24. The number of carbonyl (C=O) groups is 2. The number of amides is 2. The van der Waals surface area contributed by atoms with Gasteiger partial charge in [0.05, 0.1) is 17.0 Å². The van der Waals surface area contributed by atoms with Crippen LogP contribution in [0, 0.1) is 5.92 Å². The molecule has 2 aromatic rings. The fourth-order valence-electron chi connectivity index (χ4n) is 4.26. The van der Waals surface area contributed by atoms with Crippen molar-refractivity contribution in [3.05, 3.63) is 64.1 Å². The maximum Gasteiger partial charge on any atom is 0.250 e. The number of aromatic nitrogens is 1. The molecule has 1 aromatic carbocycles. The molecule has 0 saturated carbocycles. The van der Waals surface area contributed by atoms with Crippen molar-refractivity contribution in [2.75, 3.05) is 24.2 Å². The van der Waals surface area contributed by atoms with E-state index >= 15 is 0 Å². The third-order valence-electron chi connectivity index (χ3n) is 5.53. The third-order valence-corrected chi connectivity index (χ3v) is 7.05. The van der Waals surface area contributed by atoms with E-state index in [1.165, 1.54) is 11.8 Å². The summed E-state index contributed by atoms with van der Waals surface area (Å²) < 4.78 is 2.56. The standard InChI is InChI=1S/C21H22N4O3S2/c22-20(28)15-4-1-2-5-16(15)23-18(26)12-30-21(29)24-9-13-8-14(11-24)17-6-3-7-19(27)25(17)10-13/h1-7,13-14H,8-12H2,(H2,22,28)(H,23,26). The first-order valence-corrected chi connectivity index (χ1v) is 11.1. The number of primary amides is 1. The molecule has 9 heteroatoms. The highest BCUT2D eigenvalue weighted by molar-refractivity contribution is 8.23. The van der Waals surface area contributed by atoms with Crippen molar-refractivity contribution < 1.29 is 9.59 Å². The van der Waals surface area contributed by atoms with Crippen molar-refractivity contribution in [3.63, 3.8) is 0 Å². The van der Waals surface area contributed by atoms with Gasteiger partial charge in [-0.1, -0.05) is 42.2 Å². The van der Waals surface area contributed by atoms with Gasteiger partial charge in [0.1, 0.15) is 4.32 Å². The van der Waals surface area contributed by atoms with E-state index in [4.69, 9.17) is 18.0 Å². The predicted molar refractivity (Wildman–Crippen MR) is 122 cm³/mol. The zero-order valence-electron chi connectivity index (χ0n) is 16.2. The van der Waals surface area contributed by atoms with E-state index in [9.17, 15) is 14.4 Å². The molecule has 2 unspecified atom stereocenters. The highest BCUT2D eigenvalue weighted by atomic mass is 32.2. The lowest BCUT2D eigenvalue weighted by Gasteiger charge is -2.43. The number of hydrogen-bond donors (Lipinski definition) is 2. The van der Waals surface area contributed by atoms with Gasteiger partial charge in [0.25, 0.3) is 11.5 Å². The number of anilines is 1. The number of nitrogens with one attached hydrogen (secondary N) is 1. The smallest absolute Gasteiger partial charge is 0.250 e. The largest absolute Gasteiger partial charge is 0.366 e. The first kappa shape index (κ1) is 20.6. The van der Waals surface area contributed by atoms with Gasteiger partial charge in [-0.15, -0.1) is 0 Å². The zero-order chi connectivity index (χ0) is 21.3. The molecule has 3 heterocycles. The molecular formula is C21H22N4O3S2. The highest BCUT2D eigenvalue weighted by Gasteiger charge is 2.35. The van der Waals surface area contributed by atoms with Crippen LogP contribution in [0.4, 0.5) is 5.69 Å². The average molecular weight is 443 g/mol. The van der Waals surface area contributed by atoms with Gasteiger partial charge in [-0.3, -0.25) is 14.4 Å². The second-order valence-electron chi connectivity index (χ2n) is 7.62. The number of hydrogen-bond acceptors (Lipinski definition) is 5. The number of nitrogens with two attached hydrogens (primary N) is 1. The van der Waals surface area contributed by atoms with E-state index in [2.05, 4.69) is 10.2 Å². The molecule has 2 atom stereocenters. The molecule has 0 spiro atoms. The molecule has 1 fully saturated rings. The van der Waals surface area contributed by atoms with Crippen LogP contribution in [0.25, 0.3) is 0 Å². The average Bonchev–Trinajstić information content (AvgIpc) is 2.73. The number of carbonyl (C=O) groups excluding carboxylic acids is 2. The summed E-state index contributed by atoms with van der Waals surface area (Å²) in [7, 11) is 0. The molecule has 1 aromatic heterocycles. The number of piperidine rings is 1. The van der Waals surface area contributed by atoms with Gasteiger partial charge >= 0.3 is 0 Å². The Morgan fingerprint density at radius 3 is 2.73 bits per heavy atom. The predicted octanol–water partition coefficient (Wildman–Crippen LogP) is 2.02. The molecular weight excluding hydrogens is 420 g/mol. The number of thioether (sulfide) groups is 1. The van der Waals surface area contributed by atoms with Crippen LogP contribution in [-0.4, -0.2) is 44.4 Å². The summed E-state index contributed by atoms with van der Waals surface area (Å²) in [4.78, 5) is 38.2. The summed E-state index contributed by atoms with van der Waals surface area (Å²) in [5.74, 6) is -0.0563. The van der Waals surface area contributed by atoms with Crippen LogP contribution in [-0.2, 0) is 11.3 Å². The van der Waals surface area contributed by atoms with Crippen LogP contribution in [0.5, 0.6) is 0 Å². The zero-order valence-corrected chi connectivity index (χ0v) is 17.9. The van der Waals surface area contributed by atoms with Crippen LogP contribution >= 0.6 is 24.0 Å². The van der Waals surface area contributed by atoms with Crippen LogP contribution in [0.15, 0.2) is 47.3 Å². The molecule has 2 amide bonds. The summed E-state index contributed by atoms with van der Waals surface area (Å²) in [6, 6.07) is 12.1. The number of benzene rings is 1. The summed E-state index contributed by atoms with van der Waals surface area (Å²) in [6.07, 6.45) is 1.05. The maximum atomic E-state index is 12.4. The molecule has 7 nitrogen and oxygen atoms in total. The third kappa shape index (κ3) is 4.27. The Morgan fingerprint density at radius 2 is 1.93 bits per heavy atom. The minimum absolute atomic E-state index is 0.0560. The lowest BCUT2D eigenvalue weighted by molar-refractivity contribution is -0.113. The van der Waals surface area contributed by atoms with Crippen LogP contribution < -0.4 is 16.6 Å². The Kier molecular flexibility index (Phi) is 5.92. The van der Waals surface area contributed by atoms with Crippen molar-refractivity contribution in [3.8, 4) is 0 Å². The minimum atomic E-state index is -0.590. The highest BCUT2D eigenvalue weighted by Crippen LogP contribution is 2.36. The number of thiocarbonyl (C=S) groups is 1. The van der Waals surface area contributed by atoms with E-state index in [1.807, 2.05) is 16.7 Å². The molecule has 30 heavy (non-hydrogen) atoms. The van der Waals surface area contributed by atoms with Crippen molar-refractivity contribution in [1.29, 1.82) is 0 Å². The van der Waals surface area contributed by atoms with Gasteiger partial charge in [-0.05, 0) is 30.5 Å². The topological polar surface area (TPSA) is 97.4 Å². The SMILES string of the molecule is NC(=O)c1ccccc1NC(=O)CSC(=S)N1CC2CC(C1)c1cccc(=O)n1C2. The van der Waals surface area contributed by atoms with Gasteiger partial charge in [-0.25, -0.2) is 0 Å². The summed E-state index contributed by atoms with van der Waals surface area (Å²) in [5.41, 5.74) is 7.15. The number of para-hydroxylation sites is 1. The first-order chi connectivity index (χ1) is 14.4. The molecule has 0 aliphatic carbocycles. The van der Waals surface area contributed by atoms with Gasteiger partial charge in [0.15, 0.2) is 0 Å². The molecule has 0 radical (unpaired) electrons. The lowest BCUT2D eigenvalue weighted by Crippen LogP contribution is -2.48. The van der Waals surface area contributed by atoms with Gasteiger partial charge in [-0.2, -0.15) is 0 Å². The molecule has 156 valence electrons. The van der Waals surface area contributed by atoms with E-state index in [-0.39, 0.29) is 28.7 Å². The second kappa shape index (κ2) is 8.61. The van der Waals surface area contributed by atoms with Crippen molar-refractivity contribution in [2.24, 2.45) is 11.7 Å². The Hall–Kier alpha value is -2.65. The summed E-state index contributed by atoms with van der Waals surface area (Å²) in [5, 5.41) is 2.73. The molecule has 2 aliphatic rings. The lowest BCUT2D eigenvalue weighted by atomic mass is 9.83. The normalized spacial score (nSPS) is 19.7. The first-order valence-electron chi connectivity index (χ1n) is 9.72. The Morgan fingerprint density at radius 1 is 1.13 bits per heavy atom. The molecule has 2 aliphatic heterocycles. The van der Waals surface area contributed by atoms with Gasteiger partial charge < -0.3 is 20.5 Å². The number of pyridine rings is 1. The summed E-state index contributed by atoms with van der Waals surface area (Å²) >= 11 is 6.90. The van der Waals surface area contributed by atoms with E-state index < -0.39 is 5.91 Å².